The summed E-state index contributed by atoms with van der Waals surface area (Å²) in [4.78, 5) is 8.20. The van der Waals surface area contributed by atoms with E-state index in [9.17, 15) is 0 Å². The van der Waals surface area contributed by atoms with Crippen molar-refractivity contribution in [2.24, 2.45) is 0 Å². The lowest BCUT2D eigenvalue weighted by Gasteiger charge is -2.18. The van der Waals surface area contributed by atoms with Gasteiger partial charge in [-0.15, -0.1) is 0 Å². The highest BCUT2D eigenvalue weighted by molar-refractivity contribution is 5.79. The van der Waals surface area contributed by atoms with Crippen LogP contribution < -0.4 is 0 Å². The quantitative estimate of drug-likeness (QED) is 0.811. The second-order valence-electron chi connectivity index (χ2n) is 5.30. The molecule has 86 valence electrons. The van der Waals surface area contributed by atoms with Gasteiger partial charge in [-0.3, -0.25) is 0 Å². The molecule has 0 amide bonds. The standard InChI is InChI=1S/C14H20N2/c1-6-14(4,5)13-15-11-8-9(2)7-10(3)12(11)16-13/h7-8H,6H2,1-5H3,(H,15,16). The maximum absolute atomic E-state index is 4.74. The molecule has 0 atom stereocenters. The molecule has 0 aliphatic heterocycles. The molecule has 2 heteroatoms. The molecule has 0 spiro atoms. The maximum Gasteiger partial charge on any atom is 0.112 e. The highest BCUT2D eigenvalue weighted by atomic mass is 14.9. The normalized spacial score (nSPS) is 12.3. The van der Waals surface area contributed by atoms with Crippen molar-refractivity contribution in [3.8, 4) is 0 Å². The van der Waals surface area contributed by atoms with E-state index in [1.165, 1.54) is 11.1 Å². The van der Waals surface area contributed by atoms with Gasteiger partial charge in [0.1, 0.15) is 5.82 Å². The Hall–Kier alpha value is -1.31. The zero-order chi connectivity index (χ0) is 11.9. The molecule has 0 aliphatic rings. The van der Waals surface area contributed by atoms with Gasteiger partial charge in [-0.25, -0.2) is 4.98 Å². The Bertz CT molecular complexity index is 521. The average molecular weight is 216 g/mol. The SMILES string of the molecule is CCC(C)(C)c1nc2c(C)cc(C)cc2[nH]1. The van der Waals surface area contributed by atoms with Crippen LogP contribution in [0.5, 0.6) is 0 Å². The minimum atomic E-state index is 0.124. The first-order chi connectivity index (χ1) is 7.44. The molecule has 0 saturated carbocycles. The summed E-state index contributed by atoms with van der Waals surface area (Å²) in [5, 5.41) is 0. The van der Waals surface area contributed by atoms with E-state index < -0.39 is 0 Å². The molecule has 0 unspecified atom stereocenters. The number of nitrogens with zero attached hydrogens (tertiary/aromatic N) is 1. The van der Waals surface area contributed by atoms with Gasteiger partial charge in [0.25, 0.3) is 0 Å². The number of benzene rings is 1. The van der Waals surface area contributed by atoms with E-state index in [2.05, 4.69) is 51.7 Å². The molecule has 0 saturated heterocycles. The Morgan fingerprint density at radius 1 is 1.25 bits per heavy atom. The Kier molecular flexibility index (Phi) is 2.53. The molecule has 1 aromatic heterocycles. The van der Waals surface area contributed by atoms with Crippen LogP contribution in [-0.4, -0.2) is 9.97 Å². The molecular formula is C14H20N2. The van der Waals surface area contributed by atoms with Gasteiger partial charge in [-0.2, -0.15) is 0 Å². The van der Waals surface area contributed by atoms with Crippen molar-refractivity contribution >= 4 is 11.0 Å². The van der Waals surface area contributed by atoms with Crippen molar-refractivity contribution < 1.29 is 0 Å². The van der Waals surface area contributed by atoms with Crippen LogP contribution in [0.15, 0.2) is 12.1 Å². The lowest BCUT2D eigenvalue weighted by Crippen LogP contribution is -2.17. The van der Waals surface area contributed by atoms with Crippen molar-refractivity contribution in [3.63, 3.8) is 0 Å². The van der Waals surface area contributed by atoms with Gasteiger partial charge in [-0.1, -0.05) is 26.8 Å². The summed E-state index contributed by atoms with van der Waals surface area (Å²) in [5.41, 5.74) is 4.94. The highest BCUT2D eigenvalue weighted by Gasteiger charge is 2.22. The largest absolute Gasteiger partial charge is 0.342 e. The third kappa shape index (κ3) is 1.73. The van der Waals surface area contributed by atoms with Crippen LogP contribution in [0, 0.1) is 13.8 Å². The first kappa shape index (κ1) is 11.2. The van der Waals surface area contributed by atoms with Crippen molar-refractivity contribution in [3.05, 3.63) is 29.1 Å². The van der Waals surface area contributed by atoms with Crippen LogP contribution >= 0.6 is 0 Å². The summed E-state index contributed by atoms with van der Waals surface area (Å²) in [6.45, 7) is 10.9. The van der Waals surface area contributed by atoms with Crippen molar-refractivity contribution in [1.29, 1.82) is 0 Å². The number of hydrogen-bond acceptors (Lipinski definition) is 1. The number of nitrogens with one attached hydrogen (secondary N) is 1. The molecule has 1 heterocycles. The molecule has 0 fully saturated rings. The Labute approximate surface area is 97.1 Å². The van der Waals surface area contributed by atoms with Gasteiger partial charge >= 0.3 is 0 Å². The van der Waals surface area contributed by atoms with Crippen molar-refractivity contribution in [2.75, 3.05) is 0 Å². The van der Waals surface area contributed by atoms with E-state index in [1.54, 1.807) is 0 Å². The lowest BCUT2D eigenvalue weighted by molar-refractivity contribution is 0.479. The number of imidazole rings is 1. The molecule has 2 nitrogen and oxygen atoms in total. The molecule has 0 radical (unpaired) electrons. The molecule has 2 aromatic rings. The van der Waals surface area contributed by atoms with E-state index in [4.69, 9.17) is 4.98 Å². The van der Waals surface area contributed by atoms with Gasteiger partial charge in [-0.05, 0) is 37.5 Å². The van der Waals surface area contributed by atoms with E-state index in [-0.39, 0.29) is 5.41 Å². The highest BCUT2D eigenvalue weighted by Crippen LogP contribution is 2.27. The summed E-state index contributed by atoms with van der Waals surface area (Å²) < 4.78 is 0. The summed E-state index contributed by atoms with van der Waals surface area (Å²) in [6, 6.07) is 4.36. The summed E-state index contributed by atoms with van der Waals surface area (Å²) in [5.74, 6) is 1.10. The van der Waals surface area contributed by atoms with E-state index >= 15 is 0 Å². The van der Waals surface area contributed by atoms with Gasteiger partial charge in [0, 0.05) is 5.41 Å². The average Bonchev–Trinajstić information content (AvgIpc) is 2.62. The van der Waals surface area contributed by atoms with Crippen molar-refractivity contribution in [1.82, 2.24) is 9.97 Å². The van der Waals surface area contributed by atoms with Gasteiger partial charge in [0.05, 0.1) is 11.0 Å². The van der Waals surface area contributed by atoms with Crippen molar-refractivity contribution in [2.45, 2.75) is 46.5 Å². The van der Waals surface area contributed by atoms with Crippen LogP contribution in [0.2, 0.25) is 0 Å². The first-order valence-electron chi connectivity index (χ1n) is 5.91. The van der Waals surface area contributed by atoms with Crippen LogP contribution in [0.1, 0.15) is 44.1 Å². The molecule has 1 N–H and O–H groups in total. The molecule has 1 aromatic carbocycles. The molecule has 16 heavy (non-hydrogen) atoms. The predicted molar refractivity (Wildman–Crippen MR) is 68.9 cm³/mol. The van der Waals surface area contributed by atoms with E-state index in [1.807, 2.05) is 0 Å². The van der Waals surface area contributed by atoms with Crippen LogP contribution in [0.25, 0.3) is 11.0 Å². The fourth-order valence-corrected chi connectivity index (χ4v) is 1.96. The number of aromatic amines is 1. The van der Waals surface area contributed by atoms with Crippen LogP contribution in [0.3, 0.4) is 0 Å². The zero-order valence-corrected chi connectivity index (χ0v) is 10.8. The van der Waals surface area contributed by atoms with Gasteiger partial charge in [0.15, 0.2) is 0 Å². The van der Waals surface area contributed by atoms with Crippen LogP contribution in [0.4, 0.5) is 0 Å². The third-order valence-electron chi connectivity index (χ3n) is 3.45. The molecule has 2 rings (SSSR count). The Morgan fingerprint density at radius 3 is 2.56 bits per heavy atom. The fourth-order valence-electron chi connectivity index (χ4n) is 1.96. The summed E-state index contributed by atoms with van der Waals surface area (Å²) in [6.07, 6.45) is 1.09. The molecule has 0 aliphatic carbocycles. The van der Waals surface area contributed by atoms with E-state index in [0.29, 0.717) is 0 Å². The molecular weight excluding hydrogens is 196 g/mol. The smallest absolute Gasteiger partial charge is 0.112 e. The Balaban J connectivity index is 2.65. The second-order valence-corrected chi connectivity index (χ2v) is 5.30. The minimum Gasteiger partial charge on any atom is -0.342 e. The monoisotopic (exact) mass is 216 g/mol. The number of hydrogen-bond donors (Lipinski definition) is 1. The number of rotatable bonds is 2. The van der Waals surface area contributed by atoms with Crippen LogP contribution in [-0.2, 0) is 5.41 Å². The number of aryl methyl sites for hydroxylation is 2. The minimum absolute atomic E-state index is 0.124. The van der Waals surface area contributed by atoms with Gasteiger partial charge in [0.2, 0.25) is 0 Å². The molecule has 0 bridgehead atoms. The summed E-state index contributed by atoms with van der Waals surface area (Å²) in [7, 11) is 0. The predicted octanol–water partition coefficient (Wildman–Crippen LogP) is 3.87. The van der Waals surface area contributed by atoms with E-state index in [0.717, 1.165) is 23.3 Å². The maximum atomic E-state index is 4.74. The second kappa shape index (κ2) is 3.62. The zero-order valence-electron chi connectivity index (χ0n) is 10.8. The third-order valence-corrected chi connectivity index (χ3v) is 3.45. The number of H-pyrrole nitrogens is 1. The fraction of sp³-hybridized carbons (Fsp3) is 0.500. The summed E-state index contributed by atoms with van der Waals surface area (Å²) >= 11 is 0. The Morgan fingerprint density at radius 2 is 1.94 bits per heavy atom. The number of fused-ring (bicyclic) bond motifs is 1. The van der Waals surface area contributed by atoms with Gasteiger partial charge < -0.3 is 4.98 Å². The number of aromatic nitrogens is 2. The topological polar surface area (TPSA) is 28.7 Å². The first-order valence-corrected chi connectivity index (χ1v) is 5.91. The lowest BCUT2D eigenvalue weighted by atomic mass is 9.90.